The first-order valence-corrected chi connectivity index (χ1v) is 16.7. The molecule has 2 aliphatic heterocycles. The van der Waals surface area contributed by atoms with Crippen molar-refractivity contribution in [2.75, 3.05) is 12.3 Å². The smallest absolute Gasteiger partial charge is 0.162 e. The van der Waals surface area contributed by atoms with Crippen molar-refractivity contribution in [2.24, 2.45) is 11.7 Å². The molecule has 0 amide bonds. The lowest BCUT2D eigenvalue weighted by atomic mass is 10.0. The van der Waals surface area contributed by atoms with Gasteiger partial charge in [0.25, 0.3) is 0 Å². The Labute approximate surface area is 290 Å². The van der Waals surface area contributed by atoms with Crippen LogP contribution in [0.5, 0.6) is 17.2 Å². The molecular formula is C44H45N3O2. The minimum atomic E-state index is 0.662. The largest absolute Gasteiger partial charge is 0.457 e. The van der Waals surface area contributed by atoms with E-state index < -0.39 is 0 Å². The van der Waals surface area contributed by atoms with Crippen LogP contribution in [0.15, 0.2) is 158 Å². The number of hydrogen-bond acceptors (Lipinski definition) is 5. The van der Waals surface area contributed by atoms with E-state index in [9.17, 15) is 0 Å². The predicted molar refractivity (Wildman–Crippen MR) is 204 cm³/mol. The second kappa shape index (κ2) is 17.9. The molecule has 5 heteroatoms. The van der Waals surface area contributed by atoms with Gasteiger partial charge in [-0.25, -0.2) is 5.48 Å². The number of hydrogen-bond donors (Lipinski definition) is 3. The summed E-state index contributed by atoms with van der Waals surface area (Å²) < 4.78 is 5.78. The van der Waals surface area contributed by atoms with Gasteiger partial charge in [0.15, 0.2) is 5.75 Å². The van der Waals surface area contributed by atoms with Crippen molar-refractivity contribution in [3.63, 3.8) is 0 Å². The fourth-order valence-electron chi connectivity index (χ4n) is 5.29. The Balaban J connectivity index is 0.000000125. The Hall–Kier alpha value is -5.78. The number of anilines is 1. The van der Waals surface area contributed by atoms with Crippen LogP contribution in [0, 0.1) is 5.92 Å². The maximum Gasteiger partial charge on any atom is 0.162 e. The first-order chi connectivity index (χ1) is 24.0. The third kappa shape index (κ3) is 10.1. The van der Waals surface area contributed by atoms with Crippen molar-refractivity contribution in [3.05, 3.63) is 186 Å². The van der Waals surface area contributed by atoms with Gasteiger partial charge in [0.2, 0.25) is 0 Å². The summed E-state index contributed by atoms with van der Waals surface area (Å²) in [5.74, 6) is 3.53. The van der Waals surface area contributed by atoms with E-state index in [0.717, 1.165) is 47.9 Å². The number of nitrogens with one attached hydrogen (secondary N) is 1. The molecule has 0 radical (unpaired) electrons. The number of rotatable bonds is 1. The fraction of sp³-hybridized carbons (Fsp3) is 0.136. The van der Waals surface area contributed by atoms with E-state index in [1.165, 1.54) is 33.4 Å². The van der Waals surface area contributed by atoms with Crippen LogP contribution in [0.2, 0.25) is 0 Å². The van der Waals surface area contributed by atoms with Gasteiger partial charge in [-0.15, -0.1) is 0 Å². The van der Waals surface area contributed by atoms with E-state index in [-0.39, 0.29) is 0 Å². The molecule has 0 fully saturated rings. The number of nitrogens with two attached hydrogens (primary N) is 2. The van der Waals surface area contributed by atoms with Crippen molar-refractivity contribution in [1.29, 1.82) is 0 Å². The van der Waals surface area contributed by atoms with Gasteiger partial charge in [-0.3, -0.25) is 0 Å². The summed E-state index contributed by atoms with van der Waals surface area (Å²) in [7, 11) is 0. The Morgan fingerprint density at radius 3 is 1.47 bits per heavy atom. The standard InChI is InChI=1S/C13H10O.C13H10.C8H7NO.C6H7N.C4H11N/c1-3-7-12-10(5-1)9-11-6-2-4-8-13(11)14-12;1-3-7-12-10(5-1)9-11-6-2-4-8-13(11)12;1-2-4-8-7(3-1)5-6-9-10-8;7-6-4-2-1-3-5-6;1-4(2)3-5/h1-8H,9H2;1-8H,9H2;1-6,9H;1-5H,7H2;4H,3,5H2,1-2H3. The molecule has 0 saturated heterocycles. The van der Waals surface area contributed by atoms with E-state index in [4.69, 9.17) is 21.0 Å². The molecule has 0 atom stereocenters. The Bertz CT molecular complexity index is 1800. The van der Waals surface area contributed by atoms with Crippen LogP contribution in [0.1, 0.15) is 41.7 Å². The highest BCUT2D eigenvalue weighted by atomic mass is 16.6. The lowest BCUT2D eigenvalue weighted by Crippen LogP contribution is -2.13. The molecule has 0 bridgehead atoms. The van der Waals surface area contributed by atoms with Gasteiger partial charge >= 0.3 is 0 Å². The zero-order chi connectivity index (χ0) is 34.3. The third-order valence-electron chi connectivity index (χ3n) is 7.94. The fourth-order valence-corrected chi connectivity index (χ4v) is 5.29. The second-order valence-corrected chi connectivity index (χ2v) is 12.1. The zero-order valence-electron chi connectivity index (χ0n) is 28.3. The third-order valence-corrected chi connectivity index (χ3v) is 7.94. The topological polar surface area (TPSA) is 82.5 Å². The average Bonchev–Trinajstić information content (AvgIpc) is 3.54. The summed E-state index contributed by atoms with van der Waals surface area (Å²) in [5, 5.41) is 0. The number of benzene rings is 6. The van der Waals surface area contributed by atoms with Crippen molar-refractivity contribution in [3.8, 4) is 28.4 Å². The Morgan fingerprint density at radius 1 is 0.551 bits per heavy atom. The minimum absolute atomic E-state index is 0.662. The molecule has 5 N–H and O–H groups in total. The number of fused-ring (bicyclic) bond motifs is 6. The molecule has 0 saturated carbocycles. The van der Waals surface area contributed by atoms with Gasteiger partial charge in [0, 0.05) is 23.9 Å². The number of nitrogen functional groups attached to an aromatic ring is 1. The molecule has 6 aromatic rings. The molecule has 9 rings (SSSR count). The Morgan fingerprint density at radius 2 is 0.980 bits per heavy atom. The van der Waals surface area contributed by atoms with E-state index in [1.807, 2.05) is 84.9 Å². The first kappa shape index (κ1) is 34.6. The minimum Gasteiger partial charge on any atom is -0.457 e. The van der Waals surface area contributed by atoms with Gasteiger partial charge in [0.1, 0.15) is 11.5 Å². The first-order valence-electron chi connectivity index (χ1n) is 16.7. The summed E-state index contributed by atoms with van der Waals surface area (Å²) >= 11 is 0. The zero-order valence-corrected chi connectivity index (χ0v) is 28.3. The molecule has 0 unspecified atom stereocenters. The highest BCUT2D eigenvalue weighted by molar-refractivity contribution is 5.76. The van der Waals surface area contributed by atoms with Gasteiger partial charge in [0.05, 0.1) is 0 Å². The van der Waals surface area contributed by atoms with Gasteiger partial charge in [-0.2, -0.15) is 0 Å². The van der Waals surface area contributed by atoms with Crippen LogP contribution >= 0.6 is 0 Å². The maximum absolute atomic E-state index is 5.78. The van der Waals surface area contributed by atoms with E-state index in [2.05, 4.69) is 92.1 Å². The van der Waals surface area contributed by atoms with Crippen LogP contribution in [-0.4, -0.2) is 6.54 Å². The molecule has 0 spiro atoms. The summed E-state index contributed by atoms with van der Waals surface area (Å²) in [5.41, 5.74) is 23.4. The normalized spacial score (nSPS) is 11.8. The highest BCUT2D eigenvalue weighted by Gasteiger charge is 2.16. The van der Waals surface area contributed by atoms with E-state index >= 15 is 0 Å². The van der Waals surface area contributed by atoms with Crippen LogP contribution in [0.4, 0.5) is 5.69 Å². The van der Waals surface area contributed by atoms with E-state index in [0.29, 0.717) is 5.92 Å². The van der Waals surface area contributed by atoms with Gasteiger partial charge < -0.3 is 21.0 Å². The van der Waals surface area contributed by atoms with Gasteiger partial charge in [-0.05, 0) is 88.7 Å². The monoisotopic (exact) mass is 647 g/mol. The van der Waals surface area contributed by atoms with Crippen LogP contribution in [0.25, 0.3) is 17.2 Å². The van der Waals surface area contributed by atoms with Crippen LogP contribution < -0.4 is 26.5 Å². The highest BCUT2D eigenvalue weighted by Crippen LogP contribution is 2.36. The molecule has 5 nitrogen and oxygen atoms in total. The maximum atomic E-state index is 5.78. The lowest BCUT2D eigenvalue weighted by molar-refractivity contribution is 0.239. The molecular weight excluding hydrogens is 603 g/mol. The summed E-state index contributed by atoms with van der Waals surface area (Å²) in [6.07, 6.45) is 5.82. The van der Waals surface area contributed by atoms with Crippen molar-refractivity contribution >= 4 is 11.8 Å². The number of hydroxylamine groups is 1. The number of para-hydroxylation sites is 4. The second-order valence-electron chi connectivity index (χ2n) is 12.1. The van der Waals surface area contributed by atoms with Gasteiger partial charge in [-0.1, -0.05) is 135 Å². The van der Waals surface area contributed by atoms with Crippen LogP contribution in [-0.2, 0) is 12.8 Å². The molecule has 49 heavy (non-hydrogen) atoms. The quantitative estimate of drug-likeness (QED) is 0.155. The summed E-state index contributed by atoms with van der Waals surface area (Å²) in [6, 6.07) is 51.0. The molecule has 2 heterocycles. The van der Waals surface area contributed by atoms with E-state index in [1.54, 1.807) is 6.20 Å². The van der Waals surface area contributed by atoms with Crippen molar-refractivity contribution in [2.45, 2.75) is 26.7 Å². The van der Waals surface area contributed by atoms with Crippen LogP contribution in [0.3, 0.4) is 0 Å². The molecule has 6 aromatic carbocycles. The predicted octanol–water partition coefficient (Wildman–Crippen LogP) is 10.1. The molecule has 1 aliphatic carbocycles. The number of ether oxygens (including phenoxy) is 1. The molecule has 248 valence electrons. The summed E-state index contributed by atoms with van der Waals surface area (Å²) in [6.45, 7) is 5.00. The van der Waals surface area contributed by atoms with Crippen molar-refractivity contribution < 1.29 is 9.57 Å². The molecule has 0 aromatic heterocycles. The molecule has 3 aliphatic rings. The van der Waals surface area contributed by atoms with Crippen molar-refractivity contribution in [1.82, 2.24) is 5.48 Å². The lowest BCUT2D eigenvalue weighted by Gasteiger charge is -2.19. The summed E-state index contributed by atoms with van der Waals surface area (Å²) in [4.78, 5) is 5.09. The average molecular weight is 648 g/mol. The Kier molecular flexibility index (Phi) is 12.7. The SMILES string of the molecule is C1=Cc2ccccc2ON1.CC(C)CN.Nc1ccccc1.c1ccc2c(c1)Cc1ccccc1-2.c1ccc2c(c1)Cc1ccccc1O2.